The van der Waals surface area contributed by atoms with Gasteiger partial charge in [-0.05, 0) is 27.7 Å². The fraction of sp³-hybridized carbons (Fsp3) is 0.300. The number of hydrogen-bond acceptors (Lipinski definition) is 3. The first-order valence-corrected chi connectivity index (χ1v) is 7.90. The lowest BCUT2D eigenvalue weighted by Gasteiger charge is -2.18. The molecule has 0 atom stereocenters. The first-order valence-electron chi connectivity index (χ1n) is 7.90. The monoisotopic (exact) mass is 325 g/mol. The second kappa shape index (κ2) is 7.77. The van der Waals surface area contributed by atoms with Crippen molar-refractivity contribution in [3.05, 3.63) is 70.8 Å². The van der Waals surface area contributed by atoms with E-state index in [2.05, 4.69) is 38.1 Å². The quantitative estimate of drug-likeness (QED) is 0.641. The molecule has 0 unspecified atom stereocenters. The number of carbonyl (C=O) groups is 1. The van der Waals surface area contributed by atoms with Crippen molar-refractivity contribution in [1.82, 2.24) is 0 Å². The van der Waals surface area contributed by atoms with Crippen molar-refractivity contribution < 1.29 is 14.7 Å². The Morgan fingerprint density at radius 2 is 1.62 bits per heavy atom. The minimum atomic E-state index is -0.832. The summed E-state index contributed by atoms with van der Waals surface area (Å²) in [4.78, 5) is 15.9. The number of benzene rings is 2. The summed E-state index contributed by atoms with van der Waals surface area (Å²) in [5.74, 6) is -0.832. The predicted octanol–water partition coefficient (Wildman–Crippen LogP) is 4.16. The van der Waals surface area contributed by atoms with E-state index in [1.807, 2.05) is 24.3 Å². The zero-order valence-corrected chi connectivity index (χ0v) is 14.3. The summed E-state index contributed by atoms with van der Waals surface area (Å²) in [6.45, 7) is 6.90. The van der Waals surface area contributed by atoms with Gasteiger partial charge in [0.2, 0.25) is 0 Å². The summed E-state index contributed by atoms with van der Waals surface area (Å²) in [7, 11) is 0. The van der Waals surface area contributed by atoms with Gasteiger partial charge < -0.3 is 9.94 Å². The molecule has 0 aliphatic carbocycles. The van der Waals surface area contributed by atoms with Gasteiger partial charge in [-0.15, -0.1) is 0 Å². The van der Waals surface area contributed by atoms with Gasteiger partial charge in [-0.2, -0.15) is 0 Å². The molecule has 0 saturated heterocycles. The fourth-order valence-corrected chi connectivity index (χ4v) is 2.21. The van der Waals surface area contributed by atoms with Gasteiger partial charge in [0.05, 0.1) is 12.6 Å². The van der Waals surface area contributed by atoms with Crippen molar-refractivity contribution in [3.63, 3.8) is 0 Å². The van der Waals surface area contributed by atoms with Gasteiger partial charge >= 0.3 is 5.97 Å². The van der Waals surface area contributed by atoms with Crippen LogP contribution in [-0.2, 0) is 28.1 Å². The van der Waals surface area contributed by atoms with Gasteiger partial charge in [-0.25, -0.2) is 0 Å². The molecule has 0 fully saturated rings. The summed E-state index contributed by atoms with van der Waals surface area (Å²) in [6.07, 6.45) is 1.72. The molecular weight excluding hydrogens is 302 g/mol. The largest absolute Gasteiger partial charge is 0.481 e. The number of rotatable bonds is 6. The van der Waals surface area contributed by atoms with Crippen LogP contribution in [0.15, 0.2) is 53.7 Å². The van der Waals surface area contributed by atoms with E-state index in [4.69, 9.17) is 9.94 Å². The van der Waals surface area contributed by atoms with Crippen molar-refractivity contribution in [2.24, 2.45) is 5.16 Å². The highest BCUT2D eigenvalue weighted by Crippen LogP contribution is 2.21. The van der Waals surface area contributed by atoms with E-state index >= 15 is 0 Å². The third-order valence-electron chi connectivity index (χ3n) is 3.66. The number of carboxylic acids is 1. The van der Waals surface area contributed by atoms with Crippen LogP contribution in [0.4, 0.5) is 0 Å². The van der Waals surface area contributed by atoms with E-state index in [1.54, 1.807) is 18.3 Å². The van der Waals surface area contributed by atoms with Crippen LogP contribution in [-0.4, -0.2) is 17.3 Å². The van der Waals surface area contributed by atoms with Crippen LogP contribution in [0.5, 0.6) is 0 Å². The molecule has 0 bridgehead atoms. The van der Waals surface area contributed by atoms with Gasteiger partial charge in [0.1, 0.15) is 6.61 Å². The molecule has 2 aromatic carbocycles. The maximum atomic E-state index is 10.6. The zero-order valence-electron chi connectivity index (χ0n) is 14.3. The number of hydrogen-bond donors (Lipinski definition) is 1. The molecule has 0 radical (unpaired) electrons. The minimum Gasteiger partial charge on any atom is -0.481 e. The van der Waals surface area contributed by atoms with Gasteiger partial charge in [0, 0.05) is 0 Å². The second-order valence-corrected chi connectivity index (χ2v) is 6.77. The molecule has 2 rings (SSSR count). The first kappa shape index (κ1) is 17.7. The average molecular weight is 325 g/mol. The summed E-state index contributed by atoms with van der Waals surface area (Å²) in [5, 5.41) is 12.7. The topological polar surface area (TPSA) is 58.9 Å². The van der Waals surface area contributed by atoms with Crippen LogP contribution in [0.3, 0.4) is 0 Å². The number of carboxylic acid groups (broad SMARTS) is 1. The Balaban J connectivity index is 1.85. The minimum absolute atomic E-state index is 0.0316. The molecule has 0 heterocycles. The molecule has 0 aromatic heterocycles. The van der Waals surface area contributed by atoms with Crippen LogP contribution in [0.2, 0.25) is 0 Å². The first-order chi connectivity index (χ1) is 11.3. The lowest BCUT2D eigenvalue weighted by atomic mass is 9.87. The third-order valence-corrected chi connectivity index (χ3v) is 3.66. The predicted molar refractivity (Wildman–Crippen MR) is 95.3 cm³/mol. The van der Waals surface area contributed by atoms with E-state index in [-0.39, 0.29) is 11.8 Å². The van der Waals surface area contributed by atoms with E-state index in [1.165, 1.54) is 5.56 Å². The smallest absolute Gasteiger partial charge is 0.307 e. The maximum Gasteiger partial charge on any atom is 0.307 e. The number of aliphatic carboxylic acids is 1. The Morgan fingerprint density at radius 1 is 1.04 bits per heavy atom. The maximum absolute atomic E-state index is 10.6. The SMILES string of the molecule is CC(C)(C)c1ccc(C=NOCc2ccc(CC(=O)O)cc2)cc1. The molecule has 0 saturated carbocycles. The molecule has 0 spiro atoms. The van der Waals surface area contributed by atoms with Crippen molar-refractivity contribution in [2.45, 2.75) is 39.2 Å². The lowest BCUT2D eigenvalue weighted by molar-refractivity contribution is -0.136. The van der Waals surface area contributed by atoms with Crippen LogP contribution >= 0.6 is 0 Å². The summed E-state index contributed by atoms with van der Waals surface area (Å²) in [5.41, 5.74) is 4.12. The molecule has 4 nitrogen and oxygen atoms in total. The molecule has 4 heteroatoms. The standard InChI is InChI=1S/C20H23NO3/c1-20(2,3)18-10-8-16(9-11-18)13-21-24-14-17-6-4-15(5-7-17)12-19(22)23/h4-11,13H,12,14H2,1-3H3,(H,22,23). The van der Waals surface area contributed by atoms with Crippen LogP contribution < -0.4 is 0 Å². The van der Waals surface area contributed by atoms with Crippen molar-refractivity contribution in [2.75, 3.05) is 0 Å². The van der Waals surface area contributed by atoms with E-state index in [0.29, 0.717) is 6.61 Å². The van der Waals surface area contributed by atoms with Crippen LogP contribution in [0.25, 0.3) is 0 Å². The third kappa shape index (κ3) is 5.54. The van der Waals surface area contributed by atoms with Crippen LogP contribution in [0, 0.1) is 0 Å². The summed E-state index contributed by atoms with van der Waals surface area (Å²) < 4.78 is 0. The zero-order chi connectivity index (χ0) is 17.6. The fourth-order valence-electron chi connectivity index (χ4n) is 2.21. The van der Waals surface area contributed by atoms with Crippen molar-refractivity contribution in [3.8, 4) is 0 Å². The highest BCUT2D eigenvalue weighted by molar-refractivity contribution is 5.79. The average Bonchev–Trinajstić information content (AvgIpc) is 2.52. The van der Waals surface area contributed by atoms with E-state index in [9.17, 15) is 4.79 Å². The van der Waals surface area contributed by atoms with Crippen molar-refractivity contribution >= 4 is 12.2 Å². The summed E-state index contributed by atoms with van der Waals surface area (Å²) in [6, 6.07) is 15.5. The van der Waals surface area contributed by atoms with Gasteiger partial charge in [0.15, 0.2) is 0 Å². The Hall–Kier alpha value is -2.62. The molecular formula is C20H23NO3. The number of nitrogens with zero attached hydrogens (tertiary/aromatic N) is 1. The normalized spacial score (nSPS) is 11.6. The van der Waals surface area contributed by atoms with E-state index < -0.39 is 5.97 Å². The Bertz CT molecular complexity index is 695. The second-order valence-electron chi connectivity index (χ2n) is 6.77. The van der Waals surface area contributed by atoms with Crippen LogP contribution in [0.1, 0.15) is 43.0 Å². The summed E-state index contributed by atoms with van der Waals surface area (Å²) >= 11 is 0. The molecule has 2 aromatic rings. The molecule has 1 N–H and O–H groups in total. The highest BCUT2D eigenvalue weighted by atomic mass is 16.6. The molecule has 24 heavy (non-hydrogen) atoms. The number of oxime groups is 1. The Morgan fingerprint density at radius 3 is 2.17 bits per heavy atom. The van der Waals surface area contributed by atoms with Crippen molar-refractivity contribution in [1.29, 1.82) is 0 Å². The highest BCUT2D eigenvalue weighted by Gasteiger charge is 2.12. The Labute approximate surface area is 142 Å². The van der Waals surface area contributed by atoms with E-state index in [0.717, 1.165) is 16.7 Å². The molecule has 0 aliphatic heterocycles. The van der Waals surface area contributed by atoms with Gasteiger partial charge in [-0.1, -0.05) is 74.5 Å². The Kier molecular flexibility index (Phi) is 5.74. The van der Waals surface area contributed by atoms with Gasteiger partial charge in [-0.3, -0.25) is 4.79 Å². The van der Waals surface area contributed by atoms with Gasteiger partial charge in [0.25, 0.3) is 0 Å². The lowest BCUT2D eigenvalue weighted by Crippen LogP contribution is -2.10. The molecule has 0 aliphatic rings. The molecule has 126 valence electrons. The molecule has 0 amide bonds.